The van der Waals surface area contributed by atoms with E-state index in [0.29, 0.717) is 0 Å². The fourth-order valence-corrected chi connectivity index (χ4v) is 1.98. The Balaban J connectivity index is 2.34. The Kier molecular flexibility index (Phi) is 4.51. The van der Waals surface area contributed by atoms with Crippen LogP contribution in [0, 0.1) is 0 Å². The molecule has 0 saturated heterocycles. The number of carbonyl (C=O) groups excluding carboxylic acids is 1. The van der Waals surface area contributed by atoms with Crippen LogP contribution in [-0.2, 0) is 9.53 Å². The van der Waals surface area contributed by atoms with Crippen molar-refractivity contribution >= 4 is 5.97 Å². The van der Waals surface area contributed by atoms with Crippen molar-refractivity contribution in [2.75, 3.05) is 7.11 Å². The molecule has 0 spiro atoms. The molecule has 2 aromatic carbocycles. The molecule has 2 rings (SSSR count). The van der Waals surface area contributed by atoms with Crippen LogP contribution >= 0.6 is 0 Å². The zero-order valence-electron chi connectivity index (χ0n) is 10.8. The molecule has 2 heteroatoms. The topological polar surface area (TPSA) is 26.3 Å². The van der Waals surface area contributed by atoms with Gasteiger partial charge >= 0.3 is 5.97 Å². The standard InChI is InChI=1S/C17H16O2/c1-19-17(18)13-12-16(14-8-4-2-5-9-14)15-10-6-3-7-11-15/h2-13,16H,1H3/b13-12+. The number of benzene rings is 2. The summed E-state index contributed by atoms with van der Waals surface area (Å²) in [4.78, 5) is 11.3. The molecule has 0 atom stereocenters. The largest absolute Gasteiger partial charge is 0.466 e. The third-order valence-corrected chi connectivity index (χ3v) is 2.94. The normalized spacial score (nSPS) is 10.8. The Bertz CT molecular complexity index is 504. The maximum atomic E-state index is 11.3. The average molecular weight is 252 g/mol. The second-order valence-electron chi connectivity index (χ2n) is 4.18. The Morgan fingerprint density at radius 2 is 1.42 bits per heavy atom. The van der Waals surface area contributed by atoms with E-state index in [-0.39, 0.29) is 11.9 Å². The van der Waals surface area contributed by atoms with Gasteiger partial charge in [-0.05, 0) is 11.1 Å². The summed E-state index contributed by atoms with van der Waals surface area (Å²) in [5.74, 6) is -0.279. The lowest BCUT2D eigenvalue weighted by molar-refractivity contribution is -0.134. The number of rotatable bonds is 4. The number of allylic oxidation sites excluding steroid dienone is 1. The molecule has 0 saturated carbocycles. The van der Waals surface area contributed by atoms with Gasteiger partial charge in [0, 0.05) is 12.0 Å². The van der Waals surface area contributed by atoms with E-state index < -0.39 is 0 Å². The third-order valence-electron chi connectivity index (χ3n) is 2.94. The van der Waals surface area contributed by atoms with Crippen LogP contribution in [0.15, 0.2) is 72.8 Å². The maximum Gasteiger partial charge on any atom is 0.330 e. The predicted molar refractivity (Wildman–Crippen MR) is 75.9 cm³/mol. The average Bonchev–Trinajstić information content (AvgIpc) is 2.49. The first-order valence-corrected chi connectivity index (χ1v) is 6.17. The SMILES string of the molecule is COC(=O)/C=C/C(c1ccccc1)c1ccccc1. The fraction of sp³-hybridized carbons (Fsp3) is 0.118. The minimum Gasteiger partial charge on any atom is -0.466 e. The van der Waals surface area contributed by atoms with Gasteiger partial charge in [-0.15, -0.1) is 0 Å². The van der Waals surface area contributed by atoms with Gasteiger partial charge in [0.2, 0.25) is 0 Å². The predicted octanol–water partition coefficient (Wildman–Crippen LogP) is 3.55. The molecule has 0 aromatic heterocycles. The van der Waals surface area contributed by atoms with Crippen LogP contribution in [0.2, 0.25) is 0 Å². The van der Waals surface area contributed by atoms with Crippen LogP contribution in [-0.4, -0.2) is 13.1 Å². The van der Waals surface area contributed by atoms with Gasteiger partial charge in [0.25, 0.3) is 0 Å². The molecule has 0 N–H and O–H groups in total. The van der Waals surface area contributed by atoms with E-state index in [1.165, 1.54) is 13.2 Å². The molecule has 2 nitrogen and oxygen atoms in total. The summed E-state index contributed by atoms with van der Waals surface area (Å²) in [7, 11) is 1.38. The molecule has 0 aliphatic carbocycles. The number of ether oxygens (including phenoxy) is 1. The van der Waals surface area contributed by atoms with E-state index in [1.807, 2.05) is 42.5 Å². The summed E-state index contributed by atoms with van der Waals surface area (Å²) in [6.07, 6.45) is 3.35. The molecule has 0 aliphatic heterocycles. The summed E-state index contributed by atoms with van der Waals surface area (Å²) in [6, 6.07) is 20.2. The lowest BCUT2D eigenvalue weighted by Gasteiger charge is -2.13. The molecule has 0 fully saturated rings. The van der Waals surface area contributed by atoms with E-state index in [1.54, 1.807) is 0 Å². The fourth-order valence-electron chi connectivity index (χ4n) is 1.98. The Morgan fingerprint density at radius 1 is 0.947 bits per heavy atom. The lowest BCUT2D eigenvalue weighted by atomic mass is 9.91. The highest BCUT2D eigenvalue weighted by Crippen LogP contribution is 2.25. The van der Waals surface area contributed by atoms with Crippen LogP contribution in [0.5, 0.6) is 0 Å². The van der Waals surface area contributed by atoms with Gasteiger partial charge < -0.3 is 4.74 Å². The first-order chi connectivity index (χ1) is 9.31. The Hall–Kier alpha value is -2.35. The molecule has 19 heavy (non-hydrogen) atoms. The zero-order chi connectivity index (χ0) is 13.5. The summed E-state index contributed by atoms with van der Waals surface area (Å²) >= 11 is 0. The van der Waals surface area contributed by atoms with E-state index in [9.17, 15) is 4.79 Å². The van der Waals surface area contributed by atoms with Crippen molar-refractivity contribution in [2.45, 2.75) is 5.92 Å². The summed E-state index contributed by atoms with van der Waals surface area (Å²) in [6.45, 7) is 0. The second-order valence-corrected chi connectivity index (χ2v) is 4.18. The Labute approximate surface area is 113 Å². The van der Waals surface area contributed by atoms with E-state index in [0.717, 1.165) is 11.1 Å². The first-order valence-electron chi connectivity index (χ1n) is 6.17. The molecule has 2 aromatic rings. The van der Waals surface area contributed by atoms with Gasteiger partial charge in [-0.1, -0.05) is 66.7 Å². The van der Waals surface area contributed by atoms with Crippen molar-refractivity contribution in [1.29, 1.82) is 0 Å². The molecule has 0 aliphatic rings. The number of hydrogen-bond acceptors (Lipinski definition) is 2. The minimum absolute atomic E-state index is 0.0569. The molecule has 0 unspecified atom stereocenters. The summed E-state index contributed by atoms with van der Waals surface area (Å²) < 4.78 is 4.65. The molecule has 96 valence electrons. The molecule has 0 bridgehead atoms. The minimum atomic E-state index is -0.336. The second kappa shape index (κ2) is 6.55. The number of carbonyl (C=O) groups is 1. The maximum absolute atomic E-state index is 11.3. The monoisotopic (exact) mass is 252 g/mol. The highest BCUT2D eigenvalue weighted by Gasteiger charge is 2.10. The van der Waals surface area contributed by atoms with Crippen molar-refractivity contribution in [3.05, 3.63) is 83.9 Å². The first kappa shape index (κ1) is 13.1. The quantitative estimate of drug-likeness (QED) is 0.614. The van der Waals surface area contributed by atoms with Crippen LogP contribution in [0.25, 0.3) is 0 Å². The summed E-state index contributed by atoms with van der Waals surface area (Å²) in [5, 5.41) is 0. The van der Waals surface area contributed by atoms with Crippen LogP contribution in [0.1, 0.15) is 17.0 Å². The van der Waals surface area contributed by atoms with Crippen molar-refractivity contribution in [2.24, 2.45) is 0 Å². The highest BCUT2D eigenvalue weighted by atomic mass is 16.5. The smallest absolute Gasteiger partial charge is 0.330 e. The van der Waals surface area contributed by atoms with Crippen molar-refractivity contribution in [1.82, 2.24) is 0 Å². The van der Waals surface area contributed by atoms with Gasteiger partial charge in [-0.25, -0.2) is 4.79 Å². The molecular weight excluding hydrogens is 236 g/mol. The van der Waals surface area contributed by atoms with Gasteiger partial charge in [-0.3, -0.25) is 0 Å². The summed E-state index contributed by atoms with van der Waals surface area (Å²) in [5.41, 5.74) is 2.29. The number of esters is 1. The van der Waals surface area contributed by atoms with Crippen molar-refractivity contribution < 1.29 is 9.53 Å². The van der Waals surface area contributed by atoms with Gasteiger partial charge in [0.05, 0.1) is 7.11 Å². The van der Waals surface area contributed by atoms with Gasteiger partial charge in [0.1, 0.15) is 0 Å². The number of hydrogen-bond donors (Lipinski definition) is 0. The van der Waals surface area contributed by atoms with E-state index >= 15 is 0 Å². The zero-order valence-corrected chi connectivity index (χ0v) is 10.8. The van der Waals surface area contributed by atoms with Gasteiger partial charge in [-0.2, -0.15) is 0 Å². The van der Waals surface area contributed by atoms with Crippen LogP contribution in [0.3, 0.4) is 0 Å². The Morgan fingerprint density at radius 3 is 1.84 bits per heavy atom. The molecule has 0 amide bonds. The molecular formula is C17H16O2. The van der Waals surface area contributed by atoms with Crippen LogP contribution < -0.4 is 0 Å². The van der Waals surface area contributed by atoms with E-state index in [2.05, 4.69) is 29.0 Å². The molecule has 0 radical (unpaired) electrons. The number of methoxy groups -OCH3 is 1. The van der Waals surface area contributed by atoms with Crippen molar-refractivity contribution in [3.8, 4) is 0 Å². The van der Waals surface area contributed by atoms with Gasteiger partial charge in [0.15, 0.2) is 0 Å². The third kappa shape index (κ3) is 3.55. The lowest BCUT2D eigenvalue weighted by Crippen LogP contribution is -2.00. The highest BCUT2D eigenvalue weighted by molar-refractivity contribution is 5.82. The molecule has 0 heterocycles. The van der Waals surface area contributed by atoms with Crippen molar-refractivity contribution in [3.63, 3.8) is 0 Å². The van der Waals surface area contributed by atoms with Crippen LogP contribution in [0.4, 0.5) is 0 Å². The van der Waals surface area contributed by atoms with E-state index in [4.69, 9.17) is 0 Å².